The molecule has 1 amide bonds. The lowest BCUT2D eigenvalue weighted by Gasteiger charge is -2.20. The second kappa shape index (κ2) is 6.90. The van der Waals surface area contributed by atoms with Gasteiger partial charge in [-0.2, -0.15) is 0 Å². The maximum Gasteiger partial charge on any atom is 0.251 e. The molecule has 4 nitrogen and oxygen atoms in total. The maximum atomic E-state index is 12.0. The summed E-state index contributed by atoms with van der Waals surface area (Å²) >= 11 is 0. The third-order valence-corrected chi connectivity index (χ3v) is 3.33. The first-order chi connectivity index (χ1) is 10.1. The Balaban J connectivity index is 1.94. The van der Waals surface area contributed by atoms with Crippen LogP contribution < -0.4 is 5.32 Å². The predicted octanol–water partition coefficient (Wildman–Crippen LogP) is 2.11. The molecule has 0 saturated carbocycles. The van der Waals surface area contributed by atoms with Crippen LogP contribution in [-0.2, 0) is 6.42 Å². The van der Waals surface area contributed by atoms with Crippen LogP contribution in [0.5, 0.6) is 5.75 Å². The normalized spacial score (nSPS) is 13.4. The average Bonchev–Trinajstić information content (AvgIpc) is 2.48. The van der Waals surface area contributed by atoms with Crippen LogP contribution in [0.15, 0.2) is 54.6 Å². The summed E-state index contributed by atoms with van der Waals surface area (Å²) in [6, 6.07) is 15.4. The van der Waals surface area contributed by atoms with Crippen molar-refractivity contribution in [3.8, 4) is 5.75 Å². The van der Waals surface area contributed by atoms with Gasteiger partial charge in [0.15, 0.2) is 0 Å². The number of carbonyl (C=O) groups is 1. The topological polar surface area (TPSA) is 69.6 Å². The zero-order valence-electron chi connectivity index (χ0n) is 11.9. The van der Waals surface area contributed by atoms with E-state index in [1.807, 2.05) is 30.3 Å². The fourth-order valence-corrected chi connectivity index (χ4v) is 2.07. The van der Waals surface area contributed by atoms with Crippen molar-refractivity contribution in [2.45, 2.75) is 25.5 Å². The molecule has 110 valence electrons. The molecule has 2 unspecified atom stereocenters. The van der Waals surface area contributed by atoms with Crippen LogP contribution in [0.3, 0.4) is 0 Å². The molecule has 2 atom stereocenters. The fraction of sp³-hybridized carbons (Fsp3) is 0.235. The van der Waals surface area contributed by atoms with Crippen molar-refractivity contribution in [2.24, 2.45) is 0 Å². The lowest BCUT2D eigenvalue weighted by molar-refractivity contribution is 0.0851. The molecule has 0 fully saturated rings. The van der Waals surface area contributed by atoms with Crippen LogP contribution in [0.4, 0.5) is 0 Å². The first kappa shape index (κ1) is 15.1. The number of aliphatic hydroxyl groups excluding tert-OH is 1. The number of hydrogen-bond acceptors (Lipinski definition) is 3. The highest BCUT2D eigenvalue weighted by molar-refractivity contribution is 5.94. The SMILES string of the molecule is CC(NC(=O)c1cccc(O)c1)C(O)Cc1ccccc1. The Hall–Kier alpha value is -2.33. The van der Waals surface area contributed by atoms with Crippen molar-refractivity contribution >= 4 is 5.91 Å². The maximum absolute atomic E-state index is 12.0. The number of aromatic hydroxyl groups is 1. The minimum atomic E-state index is -0.673. The van der Waals surface area contributed by atoms with E-state index in [4.69, 9.17) is 0 Å². The molecule has 0 aromatic heterocycles. The molecule has 0 aliphatic carbocycles. The largest absolute Gasteiger partial charge is 0.508 e. The molecule has 2 rings (SSSR count). The number of aliphatic hydroxyl groups is 1. The molecule has 0 saturated heterocycles. The van der Waals surface area contributed by atoms with E-state index >= 15 is 0 Å². The summed E-state index contributed by atoms with van der Waals surface area (Å²) in [7, 11) is 0. The molecule has 4 heteroatoms. The highest BCUT2D eigenvalue weighted by Gasteiger charge is 2.18. The Morgan fingerprint density at radius 3 is 2.52 bits per heavy atom. The zero-order chi connectivity index (χ0) is 15.2. The summed E-state index contributed by atoms with van der Waals surface area (Å²) in [4.78, 5) is 12.0. The van der Waals surface area contributed by atoms with Gasteiger partial charge in [-0.3, -0.25) is 4.79 Å². The zero-order valence-corrected chi connectivity index (χ0v) is 11.9. The van der Waals surface area contributed by atoms with Gasteiger partial charge in [0.1, 0.15) is 5.75 Å². The first-order valence-electron chi connectivity index (χ1n) is 6.88. The third-order valence-electron chi connectivity index (χ3n) is 3.33. The van der Waals surface area contributed by atoms with Crippen LogP contribution in [-0.4, -0.2) is 28.3 Å². The molecule has 0 heterocycles. The monoisotopic (exact) mass is 285 g/mol. The Bertz CT molecular complexity index is 598. The minimum Gasteiger partial charge on any atom is -0.508 e. The van der Waals surface area contributed by atoms with Gasteiger partial charge in [-0.05, 0) is 30.7 Å². The molecular formula is C17H19NO3. The van der Waals surface area contributed by atoms with E-state index in [0.717, 1.165) is 5.56 Å². The Morgan fingerprint density at radius 2 is 1.86 bits per heavy atom. The molecule has 0 bridgehead atoms. The number of rotatable bonds is 5. The van der Waals surface area contributed by atoms with Crippen LogP contribution in [0.25, 0.3) is 0 Å². The number of amides is 1. The van der Waals surface area contributed by atoms with Gasteiger partial charge in [-0.25, -0.2) is 0 Å². The second-order valence-electron chi connectivity index (χ2n) is 5.07. The predicted molar refractivity (Wildman–Crippen MR) is 81.2 cm³/mol. The summed E-state index contributed by atoms with van der Waals surface area (Å²) in [5.74, 6) is -0.273. The van der Waals surface area contributed by atoms with Crippen molar-refractivity contribution in [2.75, 3.05) is 0 Å². The molecule has 0 radical (unpaired) electrons. The first-order valence-corrected chi connectivity index (χ1v) is 6.88. The minimum absolute atomic E-state index is 0.0418. The lowest BCUT2D eigenvalue weighted by Crippen LogP contribution is -2.42. The summed E-state index contributed by atoms with van der Waals surface area (Å²) in [5.41, 5.74) is 1.39. The van der Waals surface area contributed by atoms with Crippen LogP contribution in [0.2, 0.25) is 0 Å². The molecule has 0 spiro atoms. The highest BCUT2D eigenvalue weighted by atomic mass is 16.3. The van der Waals surface area contributed by atoms with Gasteiger partial charge in [0.2, 0.25) is 0 Å². The van der Waals surface area contributed by atoms with Crippen molar-refractivity contribution in [3.63, 3.8) is 0 Å². The lowest BCUT2D eigenvalue weighted by atomic mass is 10.0. The number of phenols is 1. The van der Waals surface area contributed by atoms with Crippen molar-refractivity contribution in [3.05, 3.63) is 65.7 Å². The van der Waals surface area contributed by atoms with E-state index in [2.05, 4.69) is 5.32 Å². The molecular weight excluding hydrogens is 266 g/mol. The fourth-order valence-electron chi connectivity index (χ4n) is 2.07. The number of phenolic OH excluding ortho intramolecular Hbond substituents is 1. The smallest absolute Gasteiger partial charge is 0.251 e. The second-order valence-corrected chi connectivity index (χ2v) is 5.07. The van der Waals surface area contributed by atoms with E-state index in [1.54, 1.807) is 19.1 Å². The standard InChI is InChI=1S/C17H19NO3/c1-12(16(20)10-13-6-3-2-4-7-13)18-17(21)14-8-5-9-15(19)11-14/h2-9,11-12,16,19-20H,10H2,1H3,(H,18,21). The summed E-state index contributed by atoms with van der Waals surface area (Å²) in [6.45, 7) is 1.76. The molecule has 21 heavy (non-hydrogen) atoms. The summed E-state index contributed by atoms with van der Waals surface area (Å²) in [5, 5.41) is 22.3. The average molecular weight is 285 g/mol. The van der Waals surface area contributed by atoms with E-state index in [1.165, 1.54) is 12.1 Å². The Labute approximate surface area is 124 Å². The van der Waals surface area contributed by atoms with E-state index in [0.29, 0.717) is 12.0 Å². The quantitative estimate of drug-likeness (QED) is 0.788. The van der Waals surface area contributed by atoms with Gasteiger partial charge in [0.25, 0.3) is 5.91 Å². The Kier molecular flexibility index (Phi) is 4.95. The molecule has 0 aliphatic heterocycles. The third kappa shape index (κ3) is 4.33. The number of carbonyl (C=O) groups excluding carboxylic acids is 1. The molecule has 0 aliphatic rings. The number of nitrogens with one attached hydrogen (secondary N) is 1. The van der Waals surface area contributed by atoms with Gasteiger partial charge in [-0.15, -0.1) is 0 Å². The van der Waals surface area contributed by atoms with Crippen LogP contribution >= 0.6 is 0 Å². The van der Waals surface area contributed by atoms with E-state index < -0.39 is 6.10 Å². The van der Waals surface area contributed by atoms with Crippen molar-refractivity contribution < 1.29 is 15.0 Å². The Morgan fingerprint density at radius 1 is 1.14 bits per heavy atom. The molecule has 2 aromatic carbocycles. The van der Waals surface area contributed by atoms with Gasteiger partial charge >= 0.3 is 0 Å². The van der Waals surface area contributed by atoms with Crippen LogP contribution in [0, 0.1) is 0 Å². The van der Waals surface area contributed by atoms with Gasteiger partial charge in [-0.1, -0.05) is 36.4 Å². The summed E-state index contributed by atoms with van der Waals surface area (Å²) < 4.78 is 0. The van der Waals surface area contributed by atoms with Crippen molar-refractivity contribution in [1.29, 1.82) is 0 Å². The van der Waals surface area contributed by atoms with Crippen molar-refractivity contribution in [1.82, 2.24) is 5.32 Å². The molecule has 3 N–H and O–H groups in total. The number of hydrogen-bond donors (Lipinski definition) is 3. The van der Waals surface area contributed by atoms with Gasteiger partial charge in [0, 0.05) is 12.0 Å². The van der Waals surface area contributed by atoms with Gasteiger partial charge in [0.05, 0.1) is 12.1 Å². The summed E-state index contributed by atoms with van der Waals surface area (Å²) in [6.07, 6.45) is -0.198. The van der Waals surface area contributed by atoms with Crippen LogP contribution in [0.1, 0.15) is 22.8 Å². The number of benzene rings is 2. The highest BCUT2D eigenvalue weighted by Crippen LogP contribution is 2.12. The van der Waals surface area contributed by atoms with E-state index in [9.17, 15) is 15.0 Å². The van der Waals surface area contributed by atoms with E-state index in [-0.39, 0.29) is 17.7 Å². The van der Waals surface area contributed by atoms with Gasteiger partial charge < -0.3 is 15.5 Å². The molecule has 2 aromatic rings.